The van der Waals surface area contributed by atoms with E-state index in [-0.39, 0.29) is 35.0 Å². The van der Waals surface area contributed by atoms with Crippen molar-refractivity contribution < 1.29 is 23.1 Å². The number of carbonyl (C=O) groups excluding carboxylic acids is 2. The molecule has 0 unspecified atom stereocenters. The number of amides is 3. The van der Waals surface area contributed by atoms with Gasteiger partial charge in [-0.05, 0) is 75.1 Å². The summed E-state index contributed by atoms with van der Waals surface area (Å²) in [5.74, 6) is -0.608. The number of nitrogens with zero attached hydrogens (tertiary/aromatic N) is 4. The number of urea groups is 1. The molecule has 1 aliphatic heterocycles. The summed E-state index contributed by atoms with van der Waals surface area (Å²) in [6, 6.07) is 12.7. The summed E-state index contributed by atoms with van der Waals surface area (Å²) in [5, 5.41) is 7.86. The number of thiocarbonyl (C=S) groups is 1. The Morgan fingerprint density at radius 3 is 2.39 bits per heavy atom. The first kappa shape index (κ1) is 32.7. The molecule has 44 heavy (non-hydrogen) atoms. The monoisotopic (exact) mass is 625 g/mol. The van der Waals surface area contributed by atoms with Crippen LogP contribution in [-0.4, -0.2) is 90.1 Å². The van der Waals surface area contributed by atoms with Crippen molar-refractivity contribution in [3.05, 3.63) is 78.0 Å². The van der Waals surface area contributed by atoms with E-state index in [1.54, 1.807) is 24.1 Å². The second-order valence-electron chi connectivity index (χ2n) is 10.8. The topological polar surface area (TPSA) is 102 Å². The summed E-state index contributed by atoms with van der Waals surface area (Å²) in [4.78, 5) is 35.7. The fourth-order valence-electron chi connectivity index (χ4n) is 4.69. The van der Waals surface area contributed by atoms with Gasteiger partial charge >= 0.3 is 6.03 Å². The smallest absolute Gasteiger partial charge is 0.323 e. The van der Waals surface area contributed by atoms with Crippen molar-refractivity contribution in [2.45, 2.75) is 25.3 Å². The van der Waals surface area contributed by atoms with Crippen molar-refractivity contribution in [3.8, 4) is 11.5 Å². The van der Waals surface area contributed by atoms with Crippen LogP contribution >= 0.6 is 12.2 Å². The molecule has 1 aliphatic rings. The Labute approximate surface area is 261 Å². The van der Waals surface area contributed by atoms with E-state index in [0.717, 1.165) is 39.0 Å². The lowest BCUT2D eigenvalue weighted by atomic mass is 10.0. The number of piperidine rings is 1. The van der Waals surface area contributed by atoms with Gasteiger partial charge in [0.15, 0.2) is 5.11 Å². The quantitative estimate of drug-likeness (QED) is 0.279. The van der Waals surface area contributed by atoms with Crippen molar-refractivity contribution in [2.24, 2.45) is 0 Å². The van der Waals surface area contributed by atoms with Crippen LogP contribution in [0.5, 0.6) is 11.5 Å². The van der Waals surface area contributed by atoms with Gasteiger partial charge in [0, 0.05) is 57.6 Å². The van der Waals surface area contributed by atoms with Gasteiger partial charge in [-0.2, -0.15) is 0 Å². The molecular weight excluding hydrogens is 588 g/mol. The van der Waals surface area contributed by atoms with Crippen molar-refractivity contribution >= 4 is 40.8 Å². The number of nitrogens with one attached hydrogen (secondary N) is 3. The molecule has 10 nitrogen and oxygen atoms in total. The summed E-state index contributed by atoms with van der Waals surface area (Å²) in [5.41, 5.74) is 0.649. The summed E-state index contributed by atoms with van der Waals surface area (Å²) in [6.45, 7) is 3.91. The minimum Gasteiger partial charge on any atom is -0.457 e. The van der Waals surface area contributed by atoms with E-state index in [0.29, 0.717) is 17.1 Å². The minimum absolute atomic E-state index is 0.0152. The first-order valence-corrected chi connectivity index (χ1v) is 14.7. The summed E-state index contributed by atoms with van der Waals surface area (Å²) in [6.07, 6.45) is 3.28. The number of hydrogen-bond donors (Lipinski definition) is 3. The molecule has 0 atom stereocenters. The minimum atomic E-state index is -0.658. The number of benzene rings is 2. The lowest BCUT2D eigenvalue weighted by Crippen LogP contribution is -2.48. The molecule has 234 valence electrons. The molecule has 0 radical (unpaired) electrons. The predicted octanol–water partition coefficient (Wildman–Crippen LogP) is 4.70. The van der Waals surface area contributed by atoms with Gasteiger partial charge in [0.1, 0.15) is 29.0 Å². The van der Waals surface area contributed by atoms with Crippen LogP contribution in [0, 0.1) is 11.6 Å². The molecule has 1 aromatic heterocycles. The van der Waals surface area contributed by atoms with Gasteiger partial charge in [-0.3, -0.25) is 10.1 Å². The molecule has 0 aliphatic carbocycles. The van der Waals surface area contributed by atoms with E-state index in [1.165, 1.54) is 48.7 Å². The molecule has 3 amide bonds. The highest BCUT2D eigenvalue weighted by Gasteiger charge is 2.25. The Kier molecular flexibility index (Phi) is 11.5. The molecule has 2 aromatic carbocycles. The van der Waals surface area contributed by atoms with Crippen LogP contribution in [0.1, 0.15) is 18.4 Å². The third kappa shape index (κ3) is 9.93. The van der Waals surface area contributed by atoms with Gasteiger partial charge in [-0.25, -0.2) is 18.6 Å². The number of likely N-dealkylation sites (tertiary alicyclic amines) is 1. The second kappa shape index (κ2) is 15.5. The Balaban J connectivity index is 1.26. The molecule has 0 bridgehead atoms. The zero-order valence-corrected chi connectivity index (χ0v) is 25.8. The standard InChI is InChI=1S/C31H37F2N7O3S/c1-38(2)16-17-40-14-11-23(12-15-40)39(3)31(42)36-28-20-25(10-13-34-28)43-24-8-9-27(26(33)19-24)35-30(44)37-29(41)18-21-4-6-22(32)7-5-21/h4-10,13,19-20,23H,11-12,14-18H2,1-3H3,(H,34,36,42)(H2,35,37,41,44). The number of halogens is 2. The SMILES string of the molecule is CN(C)CCN1CCC(N(C)C(=O)Nc2cc(Oc3ccc(NC(=S)NC(=O)Cc4ccc(F)cc4)c(F)c3)ccn2)CC1. The fourth-order valence-corrected chi connectivity index (χ4v) is 4.91. The van der Waals surface area contributed by atoms with Crippen LogP contribution in [0.25, 0.3) is 0 Å². The van der Waals surface area contributed by atoms with Gasteiger partial charge in [-0.1, -0.05) is 12.1 Å². The van der Waals surface area contributed by atoms with E-state index >= 15 is 0 Å². The van der Waals surface area contributed by atoms with Gasteiger partial charge in [0.25, 0.3) is 0 Å². The number of ether oxygens (including phenoxy) is 1. The maximum atomic E-state index is 14.8. The highest BCUT2D eigenvalue weighted by Crippen LogP contribution is 2.27. The van der Waals surface area contributed by atoms with E-state index in [4.69, 9.17) is 17.0 Å². The van der Waals surface area contributed by atoms with E-state index in [2.05, 4.69) is 44.8 Å². The molecule has 13 heteroatoms. The number of likely N-dealkylation sites (N-methyl/N-ethyl adjacent to an activating group) is 1. The van der Waals surface area contributed by atoms with Crippen molar-refractivity contribution in [3.63, 3.8) is 0 Å². The Hall–Kier alpha value is -4.20. The Morgan fingerprint density at radius 2 is 1.70 bits per heavy atom. The third-order valence-corrected chi connectivity index (χ3v) is 7.41. The van der Waals surface area contributed by atoms with Crippen molar-refractivity contribution in [1.29, 1.82) is 0 Å². The highest BCUT2D eigenvalue weighted by molar-refractivity contribution is 7.80. The molecule has 0 spiro atoms. The maximum Gasteiger partial charge on any atom is 0.323 e. The molecule has 4 rings (SSSR count). The molecule has 0 saturated carbocycles. The normalized spacial score (nSPS) is 13.8. The molecule has 3 N–H and O–H groups in total. The average Bonchev–Trinajstić information content (AvgIpc) is 2.98. The van der Waals surface area contributed by atoms with Gasteiger partial charge < -0.3 is 30.1 Å². The number of carbonyl (C=O) groups is 2. The van der Waals surface area contributed by atoms with Crippen LogP contribution in [0.3, 0.4) is 0 Å². The fraction of sp³-hybridized carbons (Fsp3) is 0.355. The van der Waals surface area contributed by atoms with Crippen LogP contribution in [0.2, 0.25) is 0 Å². The second-order valence-corrected chi connectivity index (χ2v) is 11.3. The van der Waals surface area contributed by atoms with Crippen LogP contribution in [0.15, 0.2) is 60.8 Å². The summed E-state index contributed by atoms with van der Waals surface area (Å²) in [7, 11) is 5.91. The van der Waals surface area contributed by atoms with Gasteiger partial charge in [0.2, 0.25) is 5.91 Å². The molecule has 1 saturated heterocycles. The highest BCUT2D eigenvalue weighted by atomic mass is 32.1. The van der Waals surface area contributed by atoms with Crippen molar-refractivity contribution in [2.75, 3.05) is 58.0 Å². The lowest BCUT2D eigenvalue weighted by molar-refractivity contribution is -0.119. The zero-order chi connectivity index (χ0) is 31.6. The molecule has 2 heterocycles. The van der Waals surface area contributed by atoms with Crippen molar-refractivity contribution in [1.82, 2.24) is 25.0 Å². The van der Waals surface area contributed by atoms with E-state index < -0.39 is 17.5 Å². The lowest BCUT2D eigenvalue weighted by Gasteiger charge is -2.37. The molecule has 1 fully saturated rings. The predicted molar refractivity (Wildman–Crippen MR) is 170 cm³/mol. The number of aromatic nitrogens is 1. The first-order valence-electron chi connectivity index (χ1n) is 14.3. The summed E-state index contributed by atoms with van der Waals surface area (Å²) < 4.78 is 33.7. The van der Waals surface area contributed by atoms with Crippen LogP contribution < -0.4 is 20.7 Å². The molecular formula is C31H37F2N7O3S. The van der Waals surface area contributed by atoms with Gasteiger partial charge in [-0.15, -0.1) is 0 Å². The third-order valence-electron chi connectivity index (χ3n) is 7.21. The largest absolute Gasteiger partial charge is 0.457 e. The number of rotatable bonds is 10. The maximum absolute atomic E-state index is 14.8. The number of hydrogen-bond acceptors (Lipinski definition) is 7. The first-order chi connectivity index (χ1) is 21.0. The van der Waals surface area contributed by atoms with Crippen LogP contribution in [-0.2, 0) is 11.2 Å². The number of anilines is 2. The van der Waals surface area contributed by atoms with E-state index in [9.17, 15) is 18.4 Å². The Bertz CT molecular complexity index is 1450. The van der Waals surface area contributed by atoms with Gasteiger partial charge in [0.05, 0.1) is 12.1 Å². The van der Waals surface area contributed by atoms with Crippen LogP contribution in [0.4, 0.5) is 25.1 Å². The summed E-state index contributed by atoms with van der Waals surface area (Å²) >= 11 is 5.13. The van der Waals surface area contributed by atoms with E-state index in [1.807, 2.05) is 0 Å². The Morgan fingerprint density at radius 1 is 1.00 bits per heavy atom. The molecule has 3 aromatic rings. The zero-order valence-electron chi connectivity index (χ0n) is 25.0. The number of pyridine rings is 1. The average molecular weight is 626 g/mol.